The highest BCUT2D eigenvalue weighted by Gasteiger charge is 2.38. The molecule has 1 fully saturated rings. The van der Waals surface area contributed by atoms with E-state index in [1.807, 2.05) is 30.3 Å². The van der Waals surface area contributed by atoms with Gasteiger partial charge in [0, 0.05) is 17.4 Å². The van der Waals surface area contributed by atoms with Crippen LogP contribution < -0.4 is 11.1 Å². The van der Waals surface area contributed by atoms with E-state index in [9.17, 15) is 4.79 Å². The highest BCUT2D eigenvalue weighted by Crippen LogP contribution is 2.33. The average molecular weight is 285 g/mol. The molecule has 1 heterocycles. The van der Waals surface area contributed by atoms with Crippen LogP contribution in [0.2, 0.25) is 0 Å². The van der Waals surface area contributed by atoms with Gasteiger partial charge in [-0.2, -0.15) is 0 Å². The van der Waals surface area contributed by atoms with Gasteiger partial charge in [0.05, 0.1) is 5.54 Å². The molecule has 1 aromatic heterocycles. The van der Waals surface area contributed by atoms with Crippen LogP contribution in [-0.2, 0) is 0 Å². The summed E-state index contributed by atoms with van der Waals surface area (Å²) in [5.41, 5.74) is 7.35. The number of aromatic amines is 1. The Labute approximate surface area is 125 Å². The van der Waals surface area contributed by atoms with Crippen LogP contribution in [0.15, 0.2) is 30.3 Å². The number of benzene rings is 1. The average Bonchev–Trinajstić information content (AvgIpc) is 2.94. The van der Waals surface area contributed by atoms with Crippen LogP contribution in [-0.4, -0.2) is 23.0 Å². The highest BCUT2D eigenvalue weighted by atomic mass is 16.2. The topological polar surface area (TPSA) is 70.9 Å². The molecular formula is C17H23N3O. The molecule has 3 rings (SSSR count). The second-order valence-electron chi connectivity index (χ2n) is 6.23. The van der Waals surface area contributed by atoms with Gasteiger partial charge in [-0.3, -0.25) is 4.79 Å². The third kappa shape index (κ3) is 2.56. The summed E-state index contributed by atoms with van der Waals surface area (Å²) >= 11 is 0. The van der Waals surface area contributed by atoms with Crippen LogP contribution in [0.4, 0.5) is 0 Å². The van der Waals surface area contributed by atoms with Crippen molar-refractivity contribution in [2.24, 2.45) is 11.7 Å². The van der Waals surface area contributed by atoms with E-state index < -0.39 is 0 Å². The standard InChI is InChI=1S/C17H23N3O/c1-12-6-4-5-9-17(12,11-18)20-16(21)15-10-13-7-2-3-8-14(13)19-15/h2-3,7-8,10,12,19H,4-6,9,11,18H2,1H3,(H,20,21). The van der Waals surface area contributed by atoms with Crippen LogP contribution in [0.25, 0.3) is 10.9 Å². The van der Waals surface area contributed by atoms with Gasteiger partial charge >= 0.3 is 0 Å². The number of rotatable bonds is 3. The zero-order valence-corrected chi connectivity index (χ0v) is 12.5. The van der Waals surface area contributed by atoms with Gasteiger partial charge < -0.3 is 16.0 Å². The Morgan fingerprint density at radius 3 is 2.95 bits per heavy atom. The molecule has 1 amide bonds. The summed E-state index contributed by atoms with van der Waals surface area (Å²) in [6.07, 6.45) is 4.46. The number of fused-ring (bicyclic) bond motifs is 1. The molecule has 1 aliphatic rings. The number of para-hydroxylation sites is 1. The monoisotopic (exact) mass is 285 g/mol. The Hall–Kier alpha value is -1.81. The van der Waals surface area contributed by atoms with Crippen molar-refractivity contribution >= 4 is 16.8 Å². The number of hydrogen-bond donors (Lipinski definition) is 3. The molecule has 1 aromatic carbocycles. The van der Waals surface area contributed by atoms with Gasteiger partial charge in [-0.05, 0) is 30.9 Å². The second kappa shape index (κ2) is 5.53. The van der Waals surface area contributed by atoms with E-state index in [0.29, 0.717) is 18.2 Å². The molecule has 1 aliphatic carbocycles. The first-order valence-corrected chi connectivity index (χ1v) is 7.75. The summed E-state index contributed by atoms with van der Waals surface area (Å²) < 4.78 is 0. The first kappa shape index (κ1) is 14.1. The Morgan fingerprint density at radius 2 is 2.24 bits per heavy atom. The quantitative estimate of drug-likeness (QED) is 0.811. The minimum atomic E-state index is -0.257. The minimum absolute atomic E-state index is 0.0506. The third-order valence-electron chi connectivity index (χ3n) is 4.95. The maximum Gasteiger partial charge on any atom is 0.268 e. The Kier molecular flexibility index (Phi) is 3.72. The van der Waals surface area contributed by atoms with Gasteiger partial charge in [0.25, 0.3) is 5.91 Å². The lowest BCUT2D eigenvalue weighted by Gasteiger charge is -2.42. The largest absolute Gasteiger partial charge is 0.351 e. The zero-order chi connectivity index (χ0) is 14.9. The van der Waals surface area contributed by atoms with Crippen molar-refractivity contribution < 1.29 is 4.79 Å². The second-order valence-corrected chi connectivity index (χ2v) is 6.23. The van der Waals surface area contributed by atoms with Crippen molar-refractivity contribution in [3.8, 4) is 0 Å². The molecule has 0 saturated heterocycles. The predicted molar refractivity (Wildman–Crippen MR) is 85.2 cm³/mol. The van der Waals surface area contributed by atoms with E-state index in [1.54, 1.807) is 0 Å². The van der Waals surface area contributed by atoms with Crippen molar-refractivity contribution in [3.63, 3.8) is 0 Å². The van der Waals surface area contributed by atoms with Crippen LogP contribution >= 0.6 is 0 Å². The molecule has 4 heteroatoms. The van der Waals surface area contributed by atoms with Crippen molar-refractivity contribution in [1.82, 2.24) is 10.3 Å². The summed E-state index contributed by atoms with van der Waals surface area (Å²) in [4.78, 5) is 15.8. The first-order valence-electron chi connectivity index (χ1n) is 7.75. The lowest BCUT2D eigenvalue weighted by Crippen LogP contribution is -2.59. The molecule has 1 saturated carbocycles. The predicted octanol–water partition coefficient (Wildman–Crippen LogP) is 2.81. The van der Waals surface area contributed by atoms with Gasteiger partial charge in [-0.15, -0.1) is 0 Å². The van der Waals surface area contributed by atoms with E-state index in [2.05, 4.69) is 17.2 Å². The molecule has 2 unspecified atom stereocenters. The Balaban J connectivity index is 1.84. The molecule has 0 bridgehead atoms. The molecule has 2 atom stereocenters. The van der Waals surface area contributed by atoms with Crippen molar-refractivity contribution in [1.29, 1.82) is 0 Å². The van der Waals surface area contributed by atoms with Crippen molar-refractivity contribution in [3.05, 3.63) is 36.0 Å². The molecule has 112 valence electrons. The summed E-state index contributed by atoms with van der Waals surface area (Å²) in [6.45, 7) is 2.69. The molecule has 0 aliphatic heterocycles. The third-order valence-corrected chi connectivity index (χ3v) is 4.95. The van der Waals surface area contributed by atoms with E-state index in [1.165, 1.54) is 6.42 Å². The van der Waals surface area contributed by atoms with Gasteiger partial charge in [0.2, 0.25) is 0 Å². The maximum absolute atomic E-state index is 12.6. The lowest BCUT2D eigenvalue weighted by molar-refractivity contribution is 0.0808. The fourth-order valence-electron chi connectivity index (χ4n) is 3.44. The van der Waals surface area contributed by atoms with Gasteiger partial charge in [-0.25, -0.2) is 0 Å². The highest BCUT2D eigenvalue weighted by molar-refractivity contribution is 5.98. The molecular weight excluding hydrogens is 262 g/mol. The SMILES string of the molecule is CC1CCCCC1(CN)NC(=O)c1cc2ccccc2[nH]1. The van der Waals surface area contributed by atoms with E-state index in [-0.39, 0.29) is 11.4 Å². The van der Waals surface area contributed by atoms with Crippen LogP contribution in [0.3, 0.4) is 0 Å². The normalized spacial score (nSPS) is 25.9. The minimum Gasteiger partial charge on any atom is -0.351 e. The summed E-state index contributed by atoms with van der Waals surface area (Å²) in [7, 11) is 0. The first-order chi connectivity index (χ1) is 10.1. The summed E-state index contributed by atoms with van der Waals surface area (Å²) in [5, 5.41) is 4.27. The number of aromatic nitrogens is 1. The number of H-pyrrole nitrogens is 1. The molecule has 0 radical (unpaired) electrons. The van der Waals surface area contributed by atoms with Gasteiger partial charge in [0.15, 0.2) is 0 Å². The van der Waals surface area contributed by atoms with Gasteiger partial charge in [-0.1, -0.05) is 38.0 Å². The van der Waals surface area contributed by atoms with Crippen molar-refractivity contribution in [2.45, 2.75) is 38.1 Å². The number of carbonyl (C=O) groups is 1. The summed E-state index contributed by atoms with van der Waals surface area (Å²) in [5.74, 6) is 0.370. The smallest absolute Gasteiger partial charge is 0.268 e. The maximum atomic E-state index is 12.6. The zero-order valence-electron chi connectivity index (χ0n) is 12.5. The number of nitrogens with one attached hydrogen (secondary N) is 2. The van der Waals surface area contributed by atoms with E-state index in [4.69, 9.17) is 5.73 Å². The fourth-order valence-corrected chi connectivity index (χ4v) is 3.44. The number of nitrogens with two attached hydrogens (primary N) is 1. The lowest BCUT2D eigenvalue weighted by atomic mass is 9.73. The van der Waals surface area contributed by atoms with E-state index >= 15 is 0 Å². The molecule has 0 spiro atoms. The molecule has 4 N–H and O–H groups in total. The van der Waals surface area contributed by atoms with Crippen LogP contribution in [0, 0.1) is 5.92 Å². The van der Waals surface area contributed by atoms with Crippen LogP contribution in [0.1, 0.15) is 43.1 Å². The molecule has 2 aromatic rings. The molecule has 21 heavy (non-hydrogen) atoms. The Bertz CT molecular complexity index is 615. The fraction of sp³-hybridized carbons (Fsp3) is 0.471. The Morgan fingerprint density at radius 1 is 1.43 bits per heavy atom. The van der Waals surface area contributed by atoms with Crippen molar-refractivity contribution in [2.75, 3.05) is 6.54 Å². The summed E-state index contributed by atoms with van der Waals surface area (Å²) in [6, 6.07) is 9.83. The number of carbonyl (C=O) groups excluding carboxylic acids is 1. The van der Waals surface area contributed by atoms with Gasteiger partial charge in [0.1, 0.15) is 5.69 Å². The molecule has 4 nitrogen and oxygen atoms in total. The number of amides is 1. The van der Waals surface area contributed by atoms with E-state index in [0.717, 1.165) is 30.2 Å². The number of hydrogen-bond acceptors (Lipinski definition) is 2. The van der Waals surface area contributed by atoms with Crippen LogP contribution in [0.5, 0.6) is 0 Å².